The summed E-state index contributed by atoms with van der Waals surface area (Å²) in [4.78, 5) is 22.0. The summed E-state index contributed by atoms with van der Waals surface area (Å²) in [5.41, 5.74) is 0.00815. The molecule has 0 unspecified atom stereocenters. The monoisotopic (exact) mass is 384 g/mol. The molecule has 0 radical (unpaired) electrons. The molecule has 0 aromatic heterocycles. The predicted octanol–water partition coefficient (Wildman–Crippen LogP) is 4.03. The Hall–Kier alpha value is -2.12. The van der Waals surface area contributed by atoms with Gasteiger partial charge in [0.2, 0.25) is 0 Å². The van der Waals surface area contributed by atoms with Gasteiger partial charge in [-0.15, -0.1) is 0 Å². The number of nitrogens with one attached hydrogen (secondary N) is 1. The van der Waals surface area contributed by atoms with Crippen LogP contribution in [0.4, 0.5) is 11.4 Å². The number of non-ortho nitro benzene ring substituents is 1. The van der Waals surface area contributed by atoms with Gasteiger partial charge in [-0.25, -0.2) is 0 Å². The van der Waals surface area contributed by atoms with E-state index in [2.05, 4.69) is 21.2 Å². The Morgan fingerprint density at radius 1 is 1.27 bits per heavy atom. The van der Waals surface area contributed by atoms with Crippen LogP contribution < -0.4 is 10.1 Å². The number of nitro benzene ring substituents is 1. The van der Waals surface area contributed by atoms with E-state index in [9.17, 15) is 14.9 Å². The van der Waals surface area contributed by atoms with Crippen LogP contribution in [0.25, 0.3) is 0 Å². The van der Waals surface area contributed by atoms with Crippen LogP contribution in [0.1, 0.15) is 0 Å². The molecule has 8 heteroatoms. The third-order valence-corrected chi connectivity index (χ3v) is 3.48. The number of hydrogen-bond acceptors (Lipinski definition) is 4. The zero-order valence-electron chi connectivity index (χ0n) is 11.1. The normalized spacial score (nSPS) is 10.1. The highest BCUT2D eigenvalue weighted by Gasteiger charge is 2.12. The number of carbonyl (C=O) groups is 1. The van der Waals surface area contributed by atoms with Gasteiger partial charge < -0.3 is 10.1 Å². The van der Waals surface area contributed by atoms with E-state index in [0.717, 1.165) is 4.47 Å². The fraction of sp³-hybridized carbons (Fsp3) is 0.0714. The number of hydrogen-bond donors (Lipinski definition) is 1. The SMILES string of the molecule is O=C(COc1ccc(Br)cc1)Nc1cc([N+](=O)[O-])ccc1Cl. The average molecular weight is 386 g/mol. The van der Waals surface area contributed by atoms with Crippen molar-refractivity contribution in [1.29, 1.82) is 0 Å². The molecule has 2 rings (SSSR count). The third kappa shape index (κ3) is 4.44. The average Bonchev–Trinajstić information content (AvgIpc) is 2.48. The molecule has 0 aliphatic heterocycles. The Morgan fingerprint density at radius 3 is 2.59 bits per heavy atom. The summed E-state index contributed by atoms with van der Waals surface area (Å²) >= 11 is 9.19. The molecule has 0 aliphatic rings. The minimum absolute atomic E-state index is 0.159. The van der Waals surface area contributed by atoms with Gasteiger partial charge in [-0.05, 0) is 30.3 Å². The molecule has 0 fully saturated rings. The zero-order chi connectivity index (χ0) is 16.1. The maximum absolute atomic E-state index is 11.8. The lowest BCUT2D eigenvalue weighted by Crippen LogP contribution is -2.20. The first kappa shape index (κ1) is 16.3. The lowest BCUT2D eigenvalue weighted by Gasteiger charge is -2.08. The van der Waals surface area contributed by atoms with Crippen LogP contribution in [0, 0.1) is 10.1 Å². The van der Waals surface area contributed by atoms with Crippen molar-refractivity contribution < 1.29 is 14.5 Å². The first-order valence-electron chi connectivity index (χ1n) is 6.08. The molecule has 2 aromatic rings. The summed E-state index contributed by atoms with van der Waals surface area (Å²) in [7, 11) is 0. The molecule has 0 heterocycles. The first-order chi connectivity index (χ1) is 10.5. The Labute approximate surface area is 139 Å². The fourth-order valence-corrected chi connectivity index (χ4v) is 2.02. The van der Waals surface area contributed by atoms with Gasteiger partial charge in [-0.1, -0.05) is 27.5 Å². The van der Waals surface area contributed by atoms with Crippen LogP contribution in [-0.4, -0.2) is 17.4 Å². The number of anilines is 1. The van der Waals surface area contributed by atoms with Crippen LogP contribution in [0.2, 0.25) is 5.02 Å². The molecule has 2 aromatic carbocycles. The molecule has 1 amide bonds. The van der Waals surface area contributed by atoms with E-state index in [0.29, 0.717) is 5.75 Å². The number of amides is 1. The molecule has 0 saturated carbocycles. The topological polar surface area (TPSA) is 81.5 Å². The van der Waals surface area contributed by atoms with Gasteiger partial charge in [0.1, 0.15) is 5.75 Å². The van der Waals surface area contributed by atoms with Crippen molar-refractivity contribution >= 4 is 44.8 Å². The summed E-state index contributed by atoms with van der Waals surface area (Å²) in [5, 5.41) is 13.4. The lowest BCUT2D eigenvalue weighted by atomic mass is 10.3. The summed E-state index contributed by atoms with van der Waals surface area (Å²) in [6, 6.07) is 10.8. The van der Waals surface area contributed by atoms with Crippen LogP contribution in [0.5, 0.6) is 5.75 Å². The van der Waals surface area contributed by atoms with Crippen molar-refractivity contribution in [2.75, 3.05) is 11.9 Å². The Kier molecular flexibility index (Phi) is 5.35. The molecule has 114 valence electrons. The number of ether oxygens (including phenoxy) is 1. The second kappa shape index (κ2) is 7.24. The molecule has 6 nitrogen and oxygen atoms in total. The molecule has 0 bridgehead atoms. The number of rotatable bonds is 5. The third-order valence-electron chi connectivity index (χ3n) is 2.62. The van der Waals surface area contributed by atoms with E-state index in [1.807, 2.05) is 0 Å². The standard InChI is InChI=1S/C14H10BrClN2O4/c15-9-1-4-11(5-2-9)22-8-14(19)17-13-7-10(18(20)21)3-6-12(13)16/h1-7H,8H2,(H,17,19). The van der Waals surface area contributed by atoms with Crippen LogP contribution in [-0.2, 0) is 4.79 Å². The molecule has 1 N–H and O–H groups in total. The molecule has 0 saturated heterocycles. The minimum Gasteiger partial charge on any atom is -0.484 e. The van der Waals surface area contributed by atoms with Crippen LogP contribution in [0.15, 0.2) is 46.9 Å². The van der Waals surface area contributed by atoms with E-state index in [1.165, 1.54) is 18.2 Å². The Bertz CT molecular complexity index is 706. The van der Waals surface area contributed by atoms with Gasteiger partial charge in [0, 0.05) is 16.6 Å². The summed E-state index contributed by atoms with van der Waals surface area (Å²) < 4.78 is 6.20. The van der Waals surface area contributed by atoms with Crippen LogP contribution in [0.3, 0.4) is 0 Å². The van der Waals surface area contributed by atoms with Crippen molar-refractivity contribution in [3.63, 3.8) is 0 Å². The fourth-order valence-electron chi connectivity index (χ4n) is 1.59. The maximum Gasteiger partial charge on any atom is 0.271 e. The molecular formula is C14H10BrClN2O4. The van der Waals surface area contributed by atoms with Gasteiger partial charge >= 0.3 is 0 Å². The van der Waals surface area contributed by atoms with Gasteiger partial charge in [-0.2, -0.15) is 0 Å². The Morgan fingerprint density at radius 2 is 1.95 bits per heavy atom. The largest absolute Gasteiger partial charge is 0.484 e. The highest BCUT2D eigenvalue weighted by Crippen LogP contribution is 2.26. The Balaban J connectivity index is 1.98. The number of nitrogens with zero attached hydrogens (tertiary/aromatic N) is 1. The van der Waals surface area contributed by atoms with E-state index >= 15 is 0 Å². The number of halogens is 2. The second-order valence-corrected chi connectivity index (χ2v) is 5.53. The van der Waals surface area contributed by atoms with Crippen molar-refractivity contribution in [2.24, 2.45) is 0 Å². The molecule has 0 atom stereocenters. The van der Waals surface area contributed by atoms with Crippen molar-refractivity contribution in [2.45, 2.75) is 0 Å². The van der Waals surface area contributed by atoms with E-state index < -0.39 is 10.8 Å². The van der Waals surface area contributed by atoms with E-state index in [1.54, 1.807) is 24.3 Å². The highest BCUT2D eigenvalue weighted by atomic mass is 79.9. The predicted molar refractivity (Wildman–Crippen MR) is 86.4 cm³/mol. The number of benzene rings is 2. The van der Waals surface area contributed by atoms with E-state index in [-0.39, 0.29) is 23.0 Å². The molecule has 0 spiro atoms. The summed E-state index contributed by atoms with van der Waals surface area (Å²) in [6.45, 7) is -0.235. The number of carbonyl (C=O) groups excluding carboxylic acids is 1. The first-order valence-corrected chi connectivity index (χ1v) is 7.25. The van der Waals surface area contributed by atoms with Crippen LogP contribution >= 0.6 is 27.5 Å². The molecular weight excluding hydrogens is 376 g/mol. The van der Waals surface area contributed by atoms with Crippen molar-refractivity contribution in [3.8, 4) is 5.75 Å². The molecule has 22 heavy (non-hydrogen) atoms. The van der Waals surface area contributed by atoms with Gasteiger partial charge in [0.25, 0.3) is 11.6 Å². The second-order valence-electron chi connectivity index (χ2n) is 4.21. The maximum atomic E-state index is 11.8. The van der Waals surface area contributed by atoms with Gasteiger partial charge in [-0.3, -0.25) is 14.9 Å². The summed E-state index contributed by atoms with van der Waals surface area (Å²) in [5.74, 6) is 0.0637. The van der Waals surface area contributed by atoms with Crippen molar-refractivity contribution in [3.05, 3.63) is 62.1 Å². The van der Waals surface area contributed by atoms with Gasteiger partial charge in [0.05, 0.1) is 15.6 Å². The molecule has 0 aliphatic carbocycles. The van der Waals surface area contributed by atoms with Crippen molar-refractivity contribution in [1.82, 2.24) is 0 Å². The minimum atomic E-state index is -0.565. The summed E-state index contributed by atoms with van der Waals surface area (Å²) in [6.07, 6.45) is 0. The quantitative estimate of drug-likeness (QED) is 0.622. The lowest BCUT2D eigenvalue weighted by molar-refractivity contribution is -0.384. The zero-order valence-corrected chi connectivity index (χ0v) is 13.4. The number of nitro groups is 1. The van der Waals surface area contributed by atoms with Gasteiger partial charge in [0.15, 0.2) is 6.61 Å². The highest BCUT2D eigenvalue weighted by molar-refractivity contribution is 9.10. The smallest absolute Gasteiger partial charge is 0.271 e. The van der Waals surface area contributed by atoms with E-state index in [4.69, 9.17) is 16.3 Å².